The molecule has 0 heterocycles. The number of hydrogen-bond donors (Lipinski definition) is 1. The van der Waals surface area contributed by atoms with E-state index >= 15 is 0 Å². The molecule has 0 bridgehead atoms. The van der Waals surface area contributed by atoms with Gasteiger partial charge in [-0.1, -0.05) is 36.4 Å². The maximum Gasteiger partial charge on any atom is 0.136 e. The molecule has 96 valence electrons. The third-order valence-corrected chi connectivity index (χ3v) is 2.95. The molecule has 18 heavy (non-hydrogen) atoms. The summed E-state index contributed by atoms with van der Waals surface area (Å²) in [5.74, 6) is 0.321. The Bertz CT molecular complexity index is 497. The van der Waals surface area contributed by atoms with Gasteiger partial charge in [0.2, 0.25) is 0 Å². The molecule has 2 rings (SSSR count). The summed E-state index contributed by atoms with van der Waals surface area (Å²) in [5.41, 5.74) is 2.40. The van der Waals surface area contributed by atoms with Crippen LogP contribution < -0.4 is 21.5 Å². The number of phenols is 1. The molecule has 0 aliphatic rings. The topological polar surface area (TPSA) is 20.2 Å². The van der Waals surface area contributed by atoms with Crippen LogP contribution in [-0.4, -0.2) is 19.2 Å². The summed E-state index contributed by atoms with van der Waals surface area (Å²) in [4.78, 5) is 0. The molecule has 0 spiro atoms. The molecule has 0 saturated heterocycles. The van der Waals surface area contributed by atoms with Crippen molar-refractivity contribution in [1.82, 2.24) is 4.48 Å². The summed E-state index contributed by atoms with van der Waals surface area (Å²) >= 11 is 0. The van der Waals surface area contributed by atoms with Gasteiger partial charge in [0.15, 0.2) is 0 Å². The molecular weight excluding hydrogens is 290 g/mol. The molecule has 0 fully saturated rings. The van der Waals surface area contributed by atoms with Gasteiger partial charge in [0.25, 0.3) is 0 Å². The molecule has 0 atom stereocenters. The van der Waals surface area contributed by atoms with Crippen molar-refractivity contribution in [2.24, 2.45) is 0 Å². The van der Waals surface area contributed by atoms with E-state index < -0.39 is 0 Å². The van der Waals surface area contributed by atoms with Crippen LogP contribution in [0.3, 0.4) is 0 Å². The van der Waals surface area contributed by atoms with Crippen LogP contribution in [0, 0.1) is 0 Å². The lowest BCUT2D eigenvalue weighted by molar-refractivity contribution is -0.00000475. The molecule has 2 nitrogen and oxygen atoms in total. The maximum atomic E-state index is 9.53. The quantitative estimate of drug-likeness (QED) is 0.801. The fourth-order valence-electron chi connectivity index (χ4n) is 2.00. The Kier molecular flexibility index (Phi) is 4.93. The zero-order valence-electron chi connectivity index (χ0n) is 10.7. The SMILES string of the molecule is C[N+](C)(Cc1ccccc1)c1cccc(O)c1.[Br-]. The molecule has 2 aromatic carbocycles. The summed E-state index contributed by atoms with van der Waals surface area (Å²) in [6.45, 7) is 0.907. The van der Waals surface area contributed by atoms with Crippen molar-refractivity contribution in [3.63, 3.8) is 0 Å². The lowest BCUT2D eigenvalue weighted by atomic mass is 10.1. The Morgan fingerprint density at radius 1 is 0.944 bits per heavy atom. The summed E-state index contributed by atoms with van der Waals surface area (Å²) < 4.78 is 0.721. The smallest absolute Gasteiger partial charge is 0.136 e. The van der Waals surface area contributed by atoms with Crippen molar-refractivity contribution >= 4 is 5.69 Å². The summed E-state index contributed by atoms with van der Waals surface area (Å²) in [6.07, 6.45) is 0. The molecule has 0 aromatic heterocycles. The first-order valence-corrected chi connectivity index (χ1v) is 5.74. The monoisotopic (exact) mass is 307 g/mol. The molecule has 3 heteroatoms. The van der Waals surface area contributed by atoms with Crippen molar-refractivity contribution in [3.8, 4) is 5.75 Å². The first-order chi connectivity index (χ1) is 8.08. The Morgan fingerprint density at radius 2 is 1.61 bits per heavy atom. The van der Waals surface area contributed by atoms with Gasteiger partial charge >= 0.3 is 0 Å². The van der Waals surface area contributed by atoms with Crippen molar-refractivity contribution in [2.75, 3.05) is 14.1 Å². The molecule has 0 unspecified atom stereocenters. The lowest BCUT2D eigenvalue weighted by Gasteiger charge is -2.29. The number of phenolic OH excluding ortho intramolecular Hbond substituents is 1. The van der Waals surface area contributed by atoms with Crippen LogP contribution in [0.15, 0.2) is 54.6 Å². The number of benzene rings is 2. The van der Waals surface area contributed by atoms with E-state index in [4.69, 9.17) is 0 Å². The number of halogens is 1. The highest BCUT2D eigenvalue weighted by Crippen LogP contribution is 2.25. The van der Waals surface area contributed by atoms with Gasteiger partial charge in [-0.05, 0) is 12.1 Å². The van der Waals surface area contributed by atoms with E-state index in [1.54, 1.807) is 6.07 Å². The van der Waals surface area contributed by atoms with Crippen LogP contribution in [0.1, 0.15) is 5.56 Å². The molecule has 0 aliphatic heterocycles. The number of nitrogens with zero attached hydrogens (tertiary/aromatic N) is 1. The van der Waals surface area contributed by atoms with Crippen molar-refractivity contribution in [2.45, 2.75) is 6.54 Å². The van der Waals surface area contributed by atoms with Crippen molar-refractivity contribution in [3.05, 3.63) is 60.2 Å². The zero-order chi connectivity index (χ0) is 12.3. The fraction of sp³-hybridized carbons (Fsp3) is 0.200. The Hall–Kier alpha value is -1.32. The fourth-order valence-corrected chi connectivity index (χ4v) is 2.00. The van der Waals surface area contributed by atoms with E-state index in [2.05, 4.69) is 38.4 Å². The Labute approximate surface area is 119 Å². The molecule has 0 amide bonds. The molecular formula is C15H18BrNO. The van der Waals surface area contributed by atoms with Crippen LogP contribution in [0.5, 0.6) is 5.75 Å². The van der Waals surface area contributed by atoms with E-state index in [9.17, 15) is 5.11 Å². The number of rotatable bonds is 3. The minimum atomic E-state index is 0. The standard InChI is InChI=1S/C15H17NO.BrH/c1-16(2,12-13-7-4-3-5-8-13)14-9-6-10-15(17)11-14;/h3-11H,12H2,1-2H3;1H. The first-order valence-electron chi connectivity index (χ1n) is 5.74. The Balaban J connectivity index is 0.00000162. The predicted octanol–water partition coefficient (Wildman–Crippen LogP) is 0.163. The summed E-state index contributed by atoms with van der Waals surface area (Å²) in [6, 6.07) is 17.8. The lowest BCUT2D eigenvalue weighted by Crippen LogP contribution is -3.00. The minimum Gasteiger partial charge on any atom is -1.00 e. The highest BCUT2D eigenvalue weighted by atomic mass is 79.9. The molecule has 0 aliphatic carbocycles. The van der Waals surface area contributed by atoms with Gasteiger partial charge in [-0.2, -0.15) is 0 Å². The number of hydrogen-bond acceptors (Lipinski definition) is 1. The summed E-state index contributed by atoms with van der Waals surface area (Å²) in [7, 11) is 4.28. The average Bonchev–Trinajstić information content (AvgIpc) is 2.30. The van der Waals surface area contributed by atoms with Gasteiger partial charge in [-0.25, -0.2) is 0 Å². The van der Waals surface area contributed by atoms with Crippen LogP contribution in [0.2, 0.25) is 0 Å². The molecule has 0 radical (unpaired) electrons. The summed E-state index contributed by atoms with van der Waals surface area (Å²) in [5, 5.41) is 9.53. The highest BCUT2D eigenvalue weighted by molar-refractivity contribution is 5.46. The Morgan fingerprint density at radius 3 is 2.22 bits per heavy atom. The third kappa shape index (κ3) is 3.59. The second kappa shape index (κ2) is 6.03. The van der Waals surface area contributed by atoms with E-state index in [-0.39, 0.29) is 17.0 Å². The van der Waals surface area contributed by atoms with E-state index in [0.29, 0.717) is 5.75 Å². The van der Waals surface area contributed by atoms with Gasteiger partial charge in [0.1, 0.15) is 18.0 Å². The van der Waals surface area contributed by atoms with E-state index in [0.717, 1.165) is 16.7 Å². The average molecular weight is 308 g/mol. The number of quaternary nitrogens is 1. The van der Waals surface area contributed by atoms with Gasteiger partial charge < -0.3 is 22.1 Å². The van der Waals surface area contributed by atoms with Gasteiger partial charge in [0, 0.05) is 11.6 Å². The second-order valence-corrected chi connectivity index (χ2v) is 4.85. The van der Waals surface area contributed by atoms with Crippen molar-refractivity contribution < 1.29 is 22.1 Å². The molecule has 2 aromatic rings. The first kappa shape index (κ1) is 14.7. The largest absolute Gasteiger partial charge is 1.00 e. The van der Waals surface area contributed by atoms with Crippen LogP contribution in [-0.2, 0) is 6.54 Å². The number of aromatic hydroxyl groups is 1. The van der Waals surface area contributed by atoms with E-state index in [1.807, 2.05) is 24.3 Å². The van der Waals surface area contributed by atoms with Crippen LogP contribution in [0.25, 0.3) is 0 Å². The van der Waals surface area contributed by atoms with Gasteiger partial charge in [-0.3, -0.25) is 4.48 Å². The molecule has 0 saturated carbocycles. The second-order valence-electron chi connectivity index (χ2n) is 4.85. The zero-order valence-corrected chi connectivity index (χ0v) is 12.3. The minimum absolute atomic E-state index is 0. The maximum absolute atomic E-state index is 9.53. The highest BCUT2D eigenvalue weighted by Gasteiger charge is 2.19. The predicted molar refractivity (Wildman–Crippen MR) is 71.9 cm³/mol. The normalized spacial score (nSPS) is 10.8. The molecule has 1 N–H and O–H groups in total. The van der Waals surface area contributed by atoms with Crippen LogP contribution in [0.4, 0.5) is 5.69 Å². The van der Waals surface area contributed by atoms with Crippen LogP contribution >= 0.6 is 0 Å². The van der Waals surface area contributed by atoms with Gasteiger partial charge in [0.05, 0.1) is 14.1 Å². The van der Waals surface area contributed by atoms with E-state index in [1.165, 1.54) is 5.56 Å². The third-order valence-electron chi connectivity index (χ3n) is 2.95. The van der Waals surface area contributed by atoms with Gasteiger partial charge in [-0.15, -0.1) is 0 Å². The van der Waals surface area contributed by atoms with Crippen molar-refractivity contribution in [1.29, 1.82) is 0 Å².